The number of hydrogen-bond donors (Lipinski definition) is 3. The second kappa shape index (κ2) is 8.19. The number of urea groups is 1. The van der Waals surface area contributed by atoms with Gasteiger partial charge in [0.2, 0.25) is 0 Å². The molecule has 1 saturated carbocycles. The number of aromatic nitrogens is 2. The van der Waals surface area contributed by atoms with Gasteiger partial charge in [-0.3, -0.25) is 14.9 Å². The lowest BCUT2D eigenvalue weighted by atomic mass is 9.89. The van der Waals surface area contributed by atoms with Crippen LogP contribution < -0.4 is 10.6 Å². The highest BCUT2D eigenvalue weighted by Gasteiger charge is 2.31. The number of nitrogens with zero attached hydrogens (tertiary/aromatic N) is 3. The molecule has 1 aromatic heterocycles. The van der Waals surface area contributed by atoms with E-state index in [4.69, 9.17) is 0 Å². The number of carbonyl (C=O) groups is 1. The minimum absolute atomic E-state index is 0.165. The Bertz CT molecular complexity index is 580. The predicted octanol–water partition coefficient (Wildman–Crippen LogP) is 1.87. The van der Waals surface area contributed by atoms with Gasteiger partial charge >= 0.3 is 6.03 Å². The molecule has 2 aliphatic rings. The van der Waals surface area contributed by atoms with E-state index in [9.17, 15) is 9.90 Å². The first-order valence-corrected chi connectivity index (χ1v) is 9.59. The molecular weight excluding hydrogens is 318 g/mol. The van der Waals surface area contributed by atoms with E-state index in [0.717, 1.165) is 63.1 Å². The summed E-state index contributed by atoms with van der Waals surface area (Å²) in [5, 5.41) is 20.5. The Morgan fingerprint density at radius 1 is 1.28 bits per heavy atom. The highest BCUT2D eigenvalue weighted by atomic mass is 16.3. The maximum Gasteiger partial charge on any atom is 0.320 e. The first-order valence-electron chi connectivity index (χ1n) is 9.59. The van der Waals surface area contributed by atoms with Gasteiger partial charge in [0.25, 0.3) is 0 Å². The first kappa shape index (κ1) is 18.2. The van der Waals surface area contributed by atoms with Crippen LogP contribution in [0.5, 0.6) is 0 Å². The van der Waals surface area contributed by atoms with E-state index in [1.807, 2.05) is 20.0 Å². The third-order valence-corrected chi connectivity index (χ3v) is 5.56. The number of nitrogens with one attached hydrogen (secondary N) is 2. The van der Waals surface area contributed by atoms with Gasteiger partial charge in [-0.05, 0) is 32.1 Å². The van der Waals surface area contributed by atoms with Gasteiger partial charge in [0.15, 0.2) is 0 Å². The van der Waals surface area contributed by atoms with Gasteiger partial charge in [0, 0.05) is 38.3 Å². The number of likely N-dealkylation sites (tertiary alicyclic amines) is 1. The number of aryl methyl sites for hydroxylation is 2. The van der Waals surface area contributed by atoms with E-state index in [0.29, 0.717) is 6.04 Å². The van der Waals surface area contributed by atoms with E-state index >= 15 is 0 Å². The second-order valence-electron chi connectivity index (χ2n) is 7.33. The van der Waals surface area contributed by atoms with E-state index in [2.05, 4.69) is 20.6 Å². The SMILES string of the molecule is CCc1cc(NC(=O)NC2CCN(C3CCCCC3O)CC2)n(C)n1. The van der Waals surface area contributed by atoms with Gasteiger partial charge in [-0.15, -0.1) is 0 Å². The fraction of sp³-hybridized carbons (Fsp3) is 0.778. The smallest absolute Gasteiger partial charge is 0.320 e. The quantitative estimate of drug-likeness (QED) is 0.775. The standard InChI is InChI=1S/C18H31N5O2/c1-3-13-12-17(22(2)21-13)20-18(25)19-14-8-10-23(11-9-14)15-6-4-5-7-16(15)24/h12,14-16,24H,3-11H2,1-2H3,(H2,19,20,25). The number of piperidine rings is 1. The normalized spacial score (nSPS) is 25.7. The number of aliphatic hydroxyl groups excluding tert-OH is 1. The van der Waals surface area contributed by atoms with Crippen molar-refractivity contribution < 1.29 is 9.90 Å². The fourth-order valence-corrected chi connectivity index (χ4v) is 4.05. The summed E-state index contributed by atoms with van der Waals surface area (Å²) in [6.07, 6.45) is 6.92. The summed E-state index contributed by atoms with van der Waals surface area (Å²) in [4.78, 5) is 14.7. The molecule has 2 fully saturated rings. The summed E-state index contributed by atoms with van der Waals surface area (Å²) >= 11 is 0. The Labute approximate surface area is 149 Å². The molecule has 25 heavy (non-hydrogen) atoms. The van der Waals surface area contributed by atoms with Crippen molar-refractivity contribution in [3.63, 3.8) is 0 Å². The molecule has 2 unspecified atom stereocenters. The summed E-state index contributed by atoms with van der Waals surface area (Å²) in [6, 6.07) is 2.25. The lowest BCUT2D eigenvalue weighted by Crippen LogP contribution is -2.52. The van der Waals surface area contributed by atoms with Crippen LogP contribution in [0.25, 0.3) is 0 Å². The number of anilines is 1. The zero-order chi connectivity index (χ0) is 17.8. The lowest BCUT2D eigenvalue weighted by Gasteiger charge is -2.41. The third kappa shape index (κ3) is 4.52. The summed E-state index contributed by atoms with van der Waals surface area (Å²) < 4.78 is 1.70. The van der Waals surface area contributed by atoms with Crippen molar-refractivity contribution in [2.45, 2.75) is 70.1 Å². The Balaban J connectivity index is 1.45. The van der Waals surface area contributed by atoms with Crippen LogP contribution in [0.1, 0.15) is 51.1 Å². The number of aliphatic hydroxyl groups is 1. The summed E-state index contributed by atoms with van der Waals surface area (Å²) in [5.74, 6) is 0.720. The number of rotatable bonds is 4. The van der Waals surface area contributed by atoms with E-state index in [1.165, 1.54) is 6.42 Å². The van der Waals surface area contributed by atoms with Gasteiger partial charge < -0.3 is 10.4 Å². The molecule has 3 rings (SSSR count). The van der Waals surface area contributed by atoms with Gasteiger partial charge in [-0.2, -0.15) is 5.10 Å². The van der Waals surface area contributed by atoms with Crippen molar-refractivity contribution in [1.82, 2.24) is 20.0 Å². The summed E-state index contributed by atoms with van der Waals surface area (Å²) in [6.45, 7) is 3.93. The minimum Gasteiger partial charge on any atom is -0.391 e. The van der Waals surface area contributed by atoms with Gasteiger partial charge in [-0.1, -0.05) is 19.8 Å². The van der Waals surface area contributed by atoms with Crippen LogP contribution in [-0.4, -0.2) is 57.1 Å². The number of carbonyl (C=O) groups excluding carboxylic acids is 1. The fourth-order valence-electron chi connectivity index (χ4n) is 4.05. The molecule has 2 amide bonds. The molecule has 0 aromatic carbocycles. The Morgan fingerprint density at radius 3 is 2.64 bits per heavy atom. The average Bonchev–Trinajstić information content (AvgIpc) is 2.96. The third-order valence-electron chi connectivity index (χ3n) is 5.56. The molecule has 7 nitrogen and oxygen atoms in total. The molecule has 7 heteroatoms. The van der Waals surface area contributed by atoms with Gasteiger partial charge in [0.05, 0.1) is 11.8 Å². The molecule has 0 bridgehead atoms. The Hall–Kier alpha value is -1.60. The molecule has 0 spiro atoms. The molecule has 2 heterocycles. The zero-order valence-corrected chi connectivity index (χ0v) is 15.4. The zero-order valence-electron chi connectivity index (χ0n) is 15.4. The second-order valence-corrected chi connectivity index (χ2v) is 7.33. The van der Waals surface area contributed by atoms with E-state index < -0.39 is 0 Å². The largest absolute Gasteiger partial charge is 0.391 e. The first-order chi connectivity index (χ1) is 12.1. The van der Waals surface area contributed by atoms with Crippen LogP contribution in [0.4, 0.5) is 10.6 Å². The van der Waals surface area contributed by atoms with Gasteiger partial charge in [0.1, 0.15) is 5.82 Å². The molecule has 1 aliphatic heterocycles. The van der Waals surface area contributed by atoms with Crippen molar-refractivity contribution in [3.05, 3.63) is 11.8 Å². The van der Waals surface area contributed by atoms with Crippen molar-refractivity contribution in [1.29, 1.82) is 0 Å². The number of amides is 2. The summed E-state index contributed by atoms with van der Waals surface area (Å²) in [5.41, 5.74) is 0.970. The molecule has 0 radical (unpaired) electrons. The highest BCUT2D eigenvalue weighted by Crippen LogP contribution is 2.25. The molecule has 1 aromatic rings. The maximum absolute atomic E-state index is 12.2. The van der Waals surface area contributed by atoms with Crippen LogP contribution in [0.3, 0.4) is 0 Å². The summed E-state index contributed by atoms with van der Waals surface area (Å²) in [7, 11) is 1.84. The van der Waals surface area contributed by atoms with Crippen molar-refractivity contribution in [3.8, 4) is 0 Å². The minimum atomic E-state index is -0.181. The topological polar surface area (TPSA) is 82.4 Å². The average molecular weight is 349 g/mol. The van der Waals surface area contributed by atoms with Crippen molar-refractivity contribution >= 4 is 11.8 Å². The van der Waals surface area contributed by atoms with Crippen LogP contribution in [-0.2, 0) is 13.5 Å². The molecular formula is C18H31N5O2. The highest BCUT2D eigenvalue weighted by molar-refractivity contribution is 5.88. The maximum atomic E-state index is 12.2. The molecule has 2 atom stereocenters. The Morgan fingerprint density at radius 2 is 2.00 bits per heavy atom. The Kier molecular flexibility index (Phi) is 5.96. The van der Waals surface area contributed by atoms with Crippen LogP contribution in [0.15, 0.2) is 6.07 Å². The molecule has 140 valence electrons. The van der Waals surface area contributed by atoms with Crippen LogP contribution in [0, 0.1) is 0 Å². The lowest BCUT2D eigenvalue weighted by molar-refractivity contribution is 0.00785. The van der Waals surface area contributed by atoms with Crippen molar-refractivity contribution in [2.24, 2.45) is 7.05 Å². The molecule has 1 saturated heterocycles. The number of hydrogen-bond acceptors (Lipinski definition) is 4. The monoisotopic (exact) mass is 349 g/mol. The van der Waals surface area contributed by atoms with E-state index in [-0.39, 0.29) is 18.2 Å². The van der Waals surface area contributed by atoms with Crippen LogP contribution >= 0.6 is 0 Å². The van der Waals surface area contributed by atoms with E-state index in [1.54, 1.807) is 4.68 Å². The molecule has 1 aliphatic carbocycles. The predicted molar refractivity (Wildman–Crippen MR) is 97.6 cm³/mol. The van der Waals surface area contributed by atoms with Gasteiger partial charge in [-0.25, -0.2) is 4.79 Å². The molecule has 3 N–H and O–H groups in total. The van der Waals surface area contributed by atoms with Crippen LogP contribution in [0.2, 0.25) is 0 Å². The van der Waals surface area contributed by atoms with Crippen molar-refractivity contribution in [2.75, 3.05) is 18.4 Å².